The third kappa shape index (κ3) is 4.57. The molecule has 0 aliphatic carbocycles. The summed E-state index contributed by atoms with van der Waals surface area (Å²) in [6.45, 7) is 4.91. The van der Waals surface area contributed by atoms with Crippen LogP contribution in [0, 0.1) is 5.92 Å². The van der Waals surface area contributed by atoms with Crippen LogP contribution in [0.1, 0.15) is 32.3 Å². The first-order valence-corrected chi connectivity index (χ1v) is 6.21. The molecule has 0 saturated carbocycles. The summed E-state index contributed by atoms with van der Waals surface area (Å²) in [6, 6.07) is 7.94. The van der Waals surface area contributed by atoms with E-state index in [0.717, 1.165) is 25.1 Å². The number of anilines is 1. The molecule has 1 atom stereocenters. The Labute approximate surface area is 104 Å². The molecule has 0 aromatic heterocycles. The Morgan fingerprint density at radius 2 is 1.94 bits per heavy atom. The van der Waals surface area contributed by atoms with E-state index >= 15 is 0 Å². The Kier molecular flexibility index (Phi) is 5.70. The van der Waals surface area contributed by atoms with Crippen molar-refractivity contribution >= 4 is 11.6 Å². The summed E-state index contributed by atoms with van der Waals surface area (Å²) in [4.78, 5) is 11.8. The Balaban J connectivity index is 2.53. The number of rotatable bonds is 6. The van der Waals surface area contributed by atoms with Gasteiger partial charge in [0.2, 0.25) is 5.91 Å². The van der Waals surface area contributed by atoms with Crippen molar-refractivity contribution in [3.05, 3.63) is 29.8 Å². The average molecular weight is 234 g/mol. The maximum absolute atomic E-state index is 11.8. The molecule has 94 valence electrons. The van der Waals surface area contributed by atoms with E-state index < -0.39 is 0 Å². The predicted octanol–water partition coefficient (Wildman–Crippen LogP) is 2.78. The number of nitrogens with one attached hydrogen (secondary N) is 2. The van der Waals surface area contributed by atoms with Crippen molar-refractivity contribution in [1.29, 1.82) is 0 Å². The molecule has 0 spiro atoms. The Morgan fingerprint density at radius 1 is 1.29 bits per heavy atom. The fourth-order valence-corrected chi connectivity index (χ4v) is 1.74. The van der Waals surface area contributed by atoms with Crippen LogP contribution in [0.25, 0.3) is 0 Å². The molecular formula is C14H22N2O. The number of carbonyl (C=O) groups is 1. The molecule has 0 bridgehead atoms. The van der Waals surface area contributed by atoms with Gasteiger partial charge in [-0.15, -0.1) is 0 Å². The van der Waals surface area contributed by atoms with E-state index in [9.17, 15) is 4.79 Å². The molecule has 0 aliphatic heterocycles. The summed E-state index contributed by atoms with van der Waals surface area (Å²) in [6.07, 6.45) is 1.97. The molecule has 0 aliphatic rings. The van der Waals surface area contributed by atoms with Gasteiger partial charge >= 0.3 is 0 Å². The van der Waals surface area contributed by atoms with Gasteiger partial charge in [0.1, 0.15) is 0 Å². The summed E-state index contributed by atoms with van der Waals surface area (Å²) in [5.41, 5.74) is 2.09. The van der Waals surface area contributed by atoms with E-state index in [2.05, 4.69) is 17.6 Å². The SMILES string of the molecule is CCCC(C)C(=O)Nc1ccc(CNC)cc1. The Bertz CT molecular complexity index is 346. The van der Waals surface area contributed by atoms with Crippen LogP contribution in [0.5, 0.6) is 0 Å². The van der Waals surface area contributed by atoms with Crippen LogP contribution in [0.4, 0.5) is 5.69 Å². The zero-order valence-corrected chi connectivity index (χ0v) is 10.9. The first-order valence-electron chi connectivity index (χ1n) is 6.21. The molecule has 2 N–H and O–H groups in total. The lowest BCUT2D eigenvalue weighted by molar-refractivity contribution is -0.119. The minimum absolute atomic E-state index is 0.0805. The molecule has 0 saturated heterocycles. The molecule has 1 aromatic rings. The highest BCUT2D eigenvalue weighted by Crippen LogP contribution is 2.13. The first kappa shape index (κ1) is 13.7. The molecule has 0 heterocycles. The Hall–Kier alpha value is -1.35. The van der Waals surface area contributed by atoms with Crippen molar-refractivity contribution in [2.75, 3.05) is 12.4 Å². The first-order chi connectivity index (χ1) is 8.17. The lowest BCUT2D eigenvalue weighted by atomic mass is 10.1. The summed E-state index contributed by atoms with van der Waals surface area (Å²) in [5.74, 6) is 0.185. The average Bonchev–Trinajstić information content (AvgIpc) is 2.32. The number of carbonyl (C=O) groups excluding carboxylic acids is 1. The van der Waals surface area contributed by atoms with Gasteiger partial charge in [-0.3, -0.25) is 4.79 Å². The van der Waals surface area contributed by atoms with Crippen molar-refractivity contribution < 1.29 is 4.79 Å². The smallest absolute Gasteiger partial charge is 0.227 e. The summed E-state index contributed by atoms with van der Waals surface area (Å²) < 4.78 is 0. The molecule has 1 aromatic carbocycles. The predicted molar refractivity (Wildman–Crippen MR) is 71.9 cm³/mol. The molecular weight excluding hydrogens is 212 g/mol. The van der Waals surface area contributed by atoms with Gasteiger partial charge in [0, 0.05) is 18.2 Å². The van der Waals surface area contributed by atoms with Gasteiger partial charge in [-0.2, -0.15) is 0 Å². The van der Waals surface area contributed by atoms with Crippen LogP contribution in [-0.2, 0) is 11.3 Å². The van der Waals surface area contributed by atoms with E-state index in [1.165, 1.54) is 5.56 Å². The molecule has 17 heavy (non-hydrogen) atoms. The van der Waals surface area contributed by atoms with Gasteiger partial charge in [0.25, 0.3) is 0 Å². The van der Waals surface area contributed by atoms with Crippen molar-refractivity contribution in [3.8, 4) is 0 Å². The number of hydrogen-bond donors (Lipinski definition) is 2. The molecule has 1 rings (SSSR count). The lowest BCUT2D eigenvalue weighted by Crippen LogP contribution is -2.20. The van der Waals surface area contributed by atoms with Crippen LogP contribution < -0.4 is 10.6 Å². The highest BCUT2D eigenvalue weighted by molar-refractivity contribution is 5.92. The fourth-order valence-electron chi connectivity index (χ4n) is 1.74. The molecule has 1 unspecified atom stereocenters. The van der Waals surface area contributed by atoms with Crippen molar-refractivity contribution in [1.82, 2.24) is 5.32 Å². The highest BCUT2D eigenvalue weighted by atomic mass is 16.1. The molecule has 3 nitrogen and oxygen atoms in total. The molecule has 0 fully saturated rings. The number of hydrogen-bond acceptors (Lipinski definition) is 2. The minimum atomic E-state index is 0.0805. The summed E-state index contributed by atoms with van der Waals surface area (Å²) in [7, 11) is 1.92. The van der Waals surface area contributed by atoms with Crippen LogP contribution >= 0.6 is 0 Å². The number of benzene rings is 1. The summed E-state index contributed by atoms with van der Waals surface area (Å²) >= 11 is 0. The zero-order chi connectivity index (χ0) is 12.7. The standard InChI is InChI=1S/C14H22N2O/c1-4-5-11(2)14(17)16-13-8-6-12(7-9-13)10-15-3/h6-9,11,15H,4-5,10H2,1-3H3,(H,16,17). The van der Waals surface area contributed by atoms with Crippen LogP contribution in [0.2, 0.25) is 0 Å². The van der Waals surface area contributed by atoms with Gasteiger partial charge in [0.05, 0.1) is 0 Å². The third-order valence-corrected chi connectivity index (χ3v) is 2.77. The summed E-state index contributed by atoms with van der Waals surface area (Å²) in [5, 5.41) is 6.03. The van der Waals surface area contributed by atoms with Crippen LogP contribution in [-0.4, -0.2) is 13.0 Å². The number of amides is 1. The molecule has 0 radical (unpaired) electrons. The second kappa shape index (κ2) is 7.07. The molecule has 1 amide bonds. The monoisotopic (exact) mass is 234 g/mol. The van der Waals surface area contributed by atoms with Gasteiger partial charge in [-0.1, -0.05) is 32.4 Å². The van der Waals surface area contributed by atoms with Gasteiger partial charge in [0.15, 0.2) is 0 Å². The second-order valence-electron chi connectivity index (χ2n) is 4.41. The van der Waals surface area contributed by atoms with Crippen molar-refractivity contribution in [2.24, 2.45) is 5.92 Å². The maximum Gasteiger partial charge on any atom is 0.227 e. The van der Waals surface area contributed by atoms with Gasteiger partial charge < -0.3 is 10.6 Å². The highest BCUT2D eigenvalue weighted by Gasteiger charge is 2.11. The van der Waals surface area contributed by atoms with Gasteiger partial charge in [-0.05, 0) is 31.2 Å². The topological polar surface area (TPSA) is 41.1 Å². The normalized spacial score (nSPS) is 12.2. The van der Waals surface area contributed by atoms with Crippen molar-refractivity contribution in [2.45, 2.75) is 33.2 Å². The van der Waals surface area contributed by atoms with E-state index in [-0.39, 0.29) is 11.8 Å². The van der Waals surface area contributed by atoms with E-state index in [1.54, 1.807) is 0 Å². The van der Waals surface area contributed by atoms with E-state index in [0.29, 0.717) is 0 Å². The van der Waals surface area contributed by atoms with E-state index in [4.69, 9.17) is 0 Å². The van der Waals surface area contributed by atoms with E-state index in [1.807, 2.05) is 38.2 Å². The fraction of sp³-hybridized carbons (Fsp3) is 0.500. The maximum atomic E-state index is 11.8. The Morgan fingerprint density at radius 3 is 2.47 bits per heavy atom. The third-order valence-electron chi connectivity index (χ3n) is 2.77. The zero-order valence-electron chi connectivity index (χ0n) is 10.9. The lowest BCUT2D eigenvalue weighted by Gasteiger charge is -2.11. The van der Waals surface area contributed by atoms with Crippen LogP contribution in [0.3, 0.4) is 0 Å². The minimum Gasteiger partial charge on any atom is -0.326 e. The molecule has 3 heteroatoms. The van der Waals surface area contributed by atoms with Crippen LogP contribution in [0.15, 0.2) is 24.3 Å². The van der Waals surface area contributed by atoms with Crippen molar-refractivity contribution in [3.63, 3.8) is 0 Å². The quantitative estimate of drug-likeness (QED) is 0.794. The van der Waals surface area contributed by atoms with Gasteiger partial charge in [-0.25, -0.2) is 0 Å². The largest absolute Gasteiger partial charge is 0.326 e. The second-order valence-corrected chi connectivity index (χ2v) is 4.41.